The Morgan fingerprint density at radius 1 is 1.64 bits per heavy atom. The van der Waals surface area contributed by atoms with Gasteiger partial charge >= 0.3 is 11.9 Å². The van der Waals surface area contributed by atoms with E-state index in [0.29, 0.717) is 6.61 Å². The molecule has 1 heterocycles. The molecule has 1 fully saturated rings. The van der Waals surface area contributed by atoms with Crippen LogP contribution in [0, 0.1) is 0 Å². The van der Waals surface area contributed by atoms with Gasteiger partial charge in [-0.1, -0.05) is 0 Å². The smallest absolute Gasteiger partial charge is 0.311 e. The van der Waals surface area contributed by atoms with Gasteiger partial charge in [0.25, 0.3) is 6.29 Å². The molecule has 6 nitrogen and oxygen atoms in total. The van der Waals surface area contributed by atoms with Crippen molar-refractivity contribution in [2.75, 3.05) is 19.8 Å². The Hall–Kier alpha value is -1.14. The average Bonchev–Trinajstić information content (AvgIpc) is 2.30. The normalized spacial score (nSPS) is 22.4. The minimum absolute atomic E-state index is 0.0854. The number of carbonyl (C=O) groups excluding carboxylic acids is 2. The van der Waals surface area contributed by atoms with Crippen molar-refractivity contribution in [2.24, 2.45) is 5.73 Å². The number of cyclic esters (lactones) is 1. The highest BCUT2D eigenvalue weighted by molar-refractivity contribution is 5.71. The van der Waals surface area contributed by atoms with Crippen molar-refractivity contribution in [3.05, 3.63) is 0 Å². The maximum absolute atomic E-state index is 11.0. The Bertz CT molecular complexity index is 218. The molecule has 1 saturated heterocycles. The van der Waals surface area contributed by atoms with Crippen molar-refractivity contribution in [3.63, 3.8) is 0 Å². The minimum atomic E-state index is -0.927. The summed E-state index contributed by atoms with van der Waals surface area (Å²) in [5.41, 5.74) is 5.15. The summed E-state index contributed by atoms with van der Waals surface area (Å²) in [6, 6.07) is 0. The fourth-order valence-electron chi connectivity index (χ4n) is 0.956. The molecule has 1 unspecified atom stereocenters. The van der Waals surface area contributed by atoms with Gasteiger partial charge < -0.3 is 19.9 Å². The van der Waals surface area contributed by atoms with E-state index in [-0.39, 0.29) is 26.0 Å². The van der Waals surface area contributed by atoms with Gasteiger partial charge in [-0.05, 0) is 0 Å². The Balaban J connectivity index is 2.34. The average molecular weight is 203 g/mol. The molecule has 1 atom stereocenters. The molecule has 2 N–H and O–H groups in total. The molecule has 0 radical (unpaired) electrons. The third-order valence-electron chi connectivity index (χ3n) is 1.58. The lowest BCUT2D eigenvalue weighted by molar-refractivity contribution is -0.190. The van der Waals surface area contributed by atoms with Crippen LogP contribution in [0.15, 0.2) is 0 Å². The molecule has 0 amide bonds. The summed E-state index contributed by atoms with van der Waals surface area (Å²) in [5.74, 6) is -0.913. The van der Waals surface area contributed by atoms with Crippen molar-refractivity contribution in [1.82, 2.24) is 0 Å². The van der Waals surface area contributed by atoms with E-state index in [1.54, 1.807) is 0 Å². The van der Waals surface area contributed by atoms with Crippen LogP contribution in [-0.2, 0) is 23.8 Å². The first kappa shape index (κ1) is 10.9. The molecule has 0 aromatic rings. The second kappa shape index (κ2) is 5.56. The van der Waals surface area contributed by atoms with Crippen LogP contribution in [0.1, 0.15) is 12.8 Å². The lowest BCUT2D eigenvalue weighted by Crippen LogP contribution is -2.27. The number of ether oxygens (including phenoxy) is 3. The van der Waals surface area contributed by atoms with Gasteiger partial charge in [-0.2, -0.15) is 0 Å². The number of esters is 2. The summed E-state index contributed by atoms with van der Waals surface area (Å²) < 4.78 is 14.6. The summed E-state index contributed by atoms with van der Waals surface area (Å²) >= 11 is 0. The third kappa shape index (κ3) is 3.71. The van der Waals surface area contributed by atoms with Crippen LogP contribution in [0.2, 0.25) is 0 Å². The number of carbonyl (C=O) groups is 2. The molecule has 0 spiro atoms. The third-order valence-corrected chi connectivity index (χ3v) is 1.58. The first-order chi connectivity index (χ1) is 6.72. The maximum atomic E-state index is 11.0. The molecule has 0 aromatic heterocycles. The molecular weight excluding hydrogens is 190 g/mol. The molecule has 80 valence electrons. The lowest BCUT2D eigenvalue weighted by Gasteiger charge is -2.14. The molecule has 0 aliphatic carbocycles. The Kier molecular flexibility index (Phi) is 4.34. The van der Waals surface area contributed by atoms with Gasteiger partial charge in [0.1, 0.15) is 6.61 Å². The van der Waals surface area contributed by atoms with Crippen molar-refractivity contribution >= 4 is 11.9 Å². The number of hydrogen-bond donors (Lipinski definition) is 1. The van der Waals surface area contributed by atoms with Crippen LogP contribution in [0.25, 0.3) is 0 Å². The second-order valence-electron chi connectivity index (χ2n) is 2.77. The molecule has 14 heavy (non-hydrogen) atoms. The molecule has 0 aromatic carbocycles. The molecule has 6 heteroatoms. The van der Waals surface area contributed by atoms with Crippen molar-refractivity contribution in [3.8, 4) is 0 Å². The van der Waals surface area contributed by atoms with E-state index in [2.05, 4.69) is 0 Å². The highest BCUT2D eigenvalue weighted by atomic mass is 16.7. The molecule has 0 bridgehead atoms. The summed E-state index contributed by atoms with van der Waals surface area (Å²) in [6.45, 7) is 0.589. The van der Waals surface area contributed by atoms with Gasteiger partial charge in [-0.15, -0.1) is 0 Å². The van der Waals surface area contributed by atoms with Crippen molar-refractivity contribution in [2.45, 2.75) is 19.1 Å². The predicted octanol–water partition coefficient (Wildman–Crippen LogP) is -0.832. The first-order valence-electron chi connectivity index (χ1n) is 4.39. The summed E-state index contributed by atoms with van der Waals surface area (Å²) in [7, 11) is 0. The van der Waals surface area contributed by atoms with E-state index < -0.39 is 18.2 Å². The van der Waals surface area contributed by atoms with E-state index in [4.69, 9.17) is 19.9 Å². The van der Waals surface area contributed by atoms with Gasteiger partial charge in [0, 0.05) is 6.54 Å². The van der Waals surface area contributed by atoms with Gasteiger partial charge in [-0.25, -0.2) is 0 Å². The fraction of sp³-hybridized carbons (Fsp3) is 0.750. The van der Waals surface area contributed by atoms with Crippen LogP contribution in [0.4, 0.5) is 0 Å². The number of rotatable bonds is 3. The van der Waals surface area contributed by atoms with E-state index in [1.807, 2.05) is 0 Å². The lowest BCUT2D eigenvalue weighted by atomic mass is 10.4. The van der Waals surface area contributed by atoms with Crippen LogP contribution in [0.5, 0.6) is 0 Å². The maximum Gasteiger partial charge on any atom is 0.311 e. The zero-order valence-corrected chi connectivity index (χ0v) is 7.73. The summed E-state index contributed by atoms with van der Waals surface area (Å²) in [6.07, 6.45) is -0.636. The van der Waals surface area contributed by atoms with Crippen LogP contribution >= 0.6 is 0 Å². The van der Waals surface area contributed by atoms with Crippen molar-refractivity contribution in [1.29, 1.82) is 0 Å². The Morgan fingerprint density at radius 3 is 3.14 bits per heavy atom. The highest BCUT2D eigenvalue weighted by Gasteiger charge is 2.21. The number of nitrogens with two attached hydrogens (primary N) is 1. The summed E-state index contributed by atoms with van der Waals surface area (Å²) in [4.78, 5) is 21.9. The van der Waals surface area contributed by atoms with E-state index in [1.165, 1.54) is 0 Å². The Labute approximate surface area is 81.3 Å². The van der Waals surface area contributed by atoms with Gasteiger partial charge in [0.2, 0.25) is 0 Å². The number of hydrogen-bond acceptors (Lipinski definition) is 6. The summed E-state index contributed by atoms with van der Waals surface area (Å²) in [5, 5.41) is 0. The zero-order valence-electron chi connectivity index (χ0n) is 7.73. The van der Waals surface area contributed by atoms with Crippen LogP contribution in [0.3, 0.4) is 0 Å². The second-order valence-corrected chi connectivity index (χ2v) is 2.77. The van der Waals surface area contributed by atoms with Crippen LogP contribution < -0.4 is 5.73 Å². The fourth-order valence-corrected chi connectivity index (χ4v) is 0.956. The quantitative estimate of drug-likeness (QED) is 0.602. The first-order valence-corrected chi connectivity index (χ1v) is 4.39. The predicted molar refractivity (Wildman–Crippen MR) is 45.1 cm³/mol. The Morgan fingerprint density at radius 2 is 2.43 bits per heavy atom. The molecule has 1 aliphatic heterocycles. The molecule has 1 aliphatic rings. The van der Waals surface area contributed by atoms with Crippen molar-refractivity contribution < 1.29 is 23.8 Å². The molecule has 0 saturated carbocycles. The monoisotopic (exact) mass is 203 g/mol. The standard InChI is InChI=1S/C8H13NO5/c9-3-1-6(10)13-8-5-12-4-2-7(11)14-8/h8H,1-5,9H2. The highest BCUT2D eigenvalue weighted by Crippen LogP contribution is 2.05. The topological polar surface area (TPSA) is 87.9 Å². The van der Waals surface area contributed by atoms with Gasteiger partial charge in [0.15, 0.2) is 0 Å². The molecule has 1 rings (SSSR count). The largest absolute Gasteiger partial charge is 0.423 e. The zero-order chi connectivity index (χ0) is 10.4. The van der Waals surface area contributed by atoms with E-state index >= 15 is 0 Å². The van der Waals surface area contributed by atoms with Crippen LogP contribution in [-0.4, -0.2) is 38.0 Å². The SMILES string of the molecule is NCCC(=O)OC1COCCC(=O)O1. The molecular formula is C8H13NO5. The van der Waals surface area contributed by atoms with E-state index in [0.717, 1.165) is 0 Å². The van der Waals surface area contributed by atoms with Gasteiger partial charge in [0.05, 0.1) is 19.4 Å². The minimum Gasteiger partial charge on any atom is -0.423 e. The van der Waals surface area contributed by atoms with E-state index in [9.17, 15) is 9.59 Å². The van der Waals surface area contributed by atoms with Gasteiger partial charge in [-0.3, -0.25) is 9.59 Å².